The number of sulfone groups is 1. The molecule has 0 saturated carbocycles. The van der Waals surface area contributed by atoms with Gasteiger partial charge in [-0.05, 0) is 18.2 Å². The summed E-state index contributed by atoms with van der Waals surface area (Å²) in [7, 11) is -3.22. The summed E-state index contributed by atoms with van der Waals surface area (Å²) in [6, 6.07) is 4.95. The number of rotatable bonds is 2. The first-order chi connectivity index (χ1) is 7.98. The molecule has 0 saturated heterocycles. The van der Waals surface area contributed by atoms with Crippen molar-refractivity contribution in [1.29, 1.82) is 0 Å². The van der Waals surface area contributed by atoms with E-state index >= 15 is 0 Å². The number of hydrogen-bond donors (Lipinski definition) is 1. The summed E-state index contributed by atoms with van der Waals surface area (Å²) in [5.74, 6) is -1.42. The van der Waals surface area contributed by atoms with E-state index in [9.17, 15) is 17.6 Å². The minimum absolute atomic E-state index is 0.0924. The Hall–Kier alpha value is -1.69. The monoisotopic (exact) mass is 255 g/mol. The lowest BCUT2D eigenvalue weighted by Crippen LogP contribution is -2.35. The van der Waals surface area contributed by atoms with Crippen LogP contribution >= 0.6 is 0 Å². The Morgan fingerprint density at radius 3 is 2.65 bits per heavy atom. The molecule has 1 aliphatic rings. The molecule has 1 aliphatic heterocycles. The number of halogens is 1. The highest BCUT2D eigenvalue weighted by Gasteiger charge is 2.24. The summed E-state index contributed by atoms with van der Waals surface area (Å²) in [6.45, 7) is 0. The molecule has 1 N–H and O–H groups in total. The minimum atomic E-state index is -3.22. The molecule has 4 nitrogen and oxygen atoms in total. The Kier molecular flexibility index (Phi) is 2.97. The van der Waals surface area contributed by atoms with Crippen LogP contribution in [0.4, 0.5) is 4.39 Å². The van der Waals surface area contributed by atoms with E-state index in [2.05, 4.69) is 5.32 Å². The van der Waals surface area contributed by atoms with Crippen LogP contribution < -0.4 is 5.32 Å². The molecule has 0 aliphatic carbocycles. The van der Waals surface area contributed by atoms with Crippen LogP contribution in [0.5, 0.6) is 0 Å². The number of hydrogen-bond acceptors (Lipinski definition) is 3. The third kappa shape index (κ3) is 2.71. The first-order valence-electron chi connectivity index (χ1n) is 4.94. The zero-order valence-corrected chi connectivity index (χ0v) is 9.58. The molecule has 0 radical (unpaired) electrons. The third-order valence-corrected chi connectivity index (χ3v) is 3.76. The van der Waals surface area contributed by atoms with Crippen molar-refractivity contribution in [2.75, 3.05) is 5.75 Å². The van der Waals surface area contributed by atoms with Crippen LogP contribution in [-0.2, 0) is 9.84 Å². The SMILES string of the molecule is O=C(NC1C=CS(=O)(=O)C1)c1ccccc1F. The van der Waals surface area contributed by atoms with Gasteiger partial charge in [-0.3, -0.25) is 4.79 Å². The minimum Gasteiger partial charge on any atom is -0.345 e. The maximum absolute atomic E-state index is 13.3. The predicted octanol–water partition coefficient (Wildman–Crippen LogP) is 0.866. The maximum atomic E-state index is 13.3. The predicted molar refractivity (Wildman–Crippen MR) is 60.6 cm³/mol. The van der Waals surface area contributed by atoms with Crippen molar-refractivity contribution in [2.24, 2.45) is 0 Å². The van der Waals surface area contributed by atoms with Gasteiger partial charge in [0.1, 0.15) is 5.82 Å². The summed E-state index contributed by atoms with van der Waals surface area (Å²) < 4.78 is 35.5. The standard InChI is InChI=1S/C11H10FNO3S/c12-10-4-2-1-3-9(10)11(14)13-8-5-6-17(15,16)7-8/h1-6,8H,7H2,(H,13,14). The molecule has 1 unspecified atom stereocenters. The molecule has 1 atom stereocenters. The lowest BCUT2D eigenvalue weighted by atomic mass is 10.2. The van der Waals surface area contributed by atoms with E-state index < -0.39 is 27.6 Å². The van der Waals surface area contributed by atoms with Crippen LogP contribution in [-0.4, -0.2) is 26.1 Å². The molecule has 1 amide bonds. The molecule has 0 bridgehead atoms. The highest BCUT2D eigenvalue weighted by atomic mass is 32.2. The molecule has 1 aromatic carbocycles. The smallest absolute Gasteiger partial charge is 0.254 e. The molecular weight excluding hydrogens is 245 g/mol. The molecule has 1 aromatic rings. The van der Waals surface area contributed by atoms with Crippen molar-refractivity contribution in [3.05, 3.63) is 47.1 Å². The van der Waals surface area contributed by atoms with E-state index in [1.54, 1.807) is 6.07 Å². The Labute approximate surface area is 98.1 Å². The first-order valence-corrected chi connectivity index (χ1v) is 6.66. The second-order valence-corrected chi connectivity index (χ2v) is 5.65. The van der Waals surface area contributed by atoms with Crippen LogP contribution in [0.1, 0.15) is 10.4 Å². The van der Waals surface area contributed by atoms with Gasteiger partial charge in [0.15, 0.2) is 9.84 Å². The van der Waals surface area contributed by atoms with Gasteiger partial charge in [-0.2, -0.15) is 0 Å². The van der Waals surface area contributed by atoms with Gasteiger partial charge in [-0.15, -0.1) is 0 Å². The Balaban J connectivity index is 2.09. The van der Waals surface area contributed by atoms with Crippen LogP contribution in [0.2, 0.25) is 0 Å². The number of nitrogens with one attached hydrogen (secondary N) is 1. The highest BCUT2D eigenvalue weighted by molar-refractivity contribution is 7.94. The quantitative estimate of drug-likeness (QED) is 0.852. The van der Waals surface area contributed by atoms with Crippen molar-refractivity contribution in [3.8, 4) is 0 Å². The highest BCUT2D eigenvalue weighted by Crippen LogP contribution is 2.10. The number of carbonyl (C=O) groups excluding carboxylic acids is 1. The Bertz CT molecular complexity index is 580. The molecule has 0 aromatic heterocycles. The fraction of sp³-hybridized carbons (Fsp3) is 0.182. The van der Waals surface area contributed by atoms with E-state index in [4.69, 9.17) is 0 Å². The summed E-state index contributed by atoms with van der Waals surface area (Å²) in [5, 5.41) is 3.50. The Morgan fingerprint density at radius 1 is 1.35 bits per heavy atom. The van der Waals surface area contributed by atoms with Gasteiger partial charge in [-0.1, -0.05) is 12.1 Å². The Morgan fingerprint density at radius 2 is 2.06 bits per heavy atom. The van der Waals surface area contributed by atoms with Crippen molar-refractivity contribution >= 4 is 15.7 Å². The fourth-order valence-electron chi connectivity index (χ4n) is 1.56. The van der Waals surface area contributed by atoms with Crippen LogP contribution in [0.25, 0.3) is 0 Å². The first kappa shape index (κ1) is 11.8. The van der Waals surface area contributed by atoms with Crippen LogP contribution in [0, 0.1) is 5.82 Å². The molecule has 6 heteroatoms. The molecule has 0 fully saturated rings. The second-order valence-electron chi connectivity index (χ2n) is 3.72. The zero-order chi connectivity index (χ0) is 12.5. The van der Waals surface area contributed by atoms with E-state index in [1.165, 1.54) is 24.3 Å². The van der Waals surface area contributed by atoms with Gasteiger partial charge >= 0.3 is 0 Å². The topological polar surface area (TPSA) is 63.2 Å². The van der Waals surface area contributed by atoms with Gasteiger partial charge in [0.25, 0.3) is 5.91 Å². The van der Waals surface area contributed by atoms with Gasteiger partial charge in [0, 0.05) is 5.41 Å². The third-order valence-electron chi connectivity index (χ3n) is 2.37. The average molecular weight is 255 g/mol. The van der Waals surface area contributed by atoms with Crippen molar-refractivity contribution < 1.29 is 17.6 Å². The van der Waals surface area contributed by atoms with E-state index in [1.807, 2.05) is 0 Å². The average Bonchev–Trinajstić information content (AvgIpc) is 2.58. The van der Waals surface area contributed by atoms with E-state index in [0.717, 1.165) is 5.41 Å². The normalized spacial score (nSPS) is 21.4. The van der Waals surface area contributed by atoms with Gasteiger partial charge in [-0.25, -0.2) is 12.8 Å². The number of amides is 1. The molecule has 90 valence electrons. The van der Waals surface area contributed by atoms with Crippen LogP contribution in [0.15, 0.2) is 35.7 Å². The van der Waals surface area contributed by atoms with Crippen molar-refractivity contribution in [2.45, 2.75) is 6.04 Å². The molecule has 17 heavy (non-hydrogen) atoms. The van der Waals surface area contributed by atoms with Crippen molar-refractivity contribution in [1.82, 2.24) is 5.32 Å². The molecule has 0 spiro atoms. The van der Waals surface area contributed by atoms with Gasteiger partial charge in [0.2, 0.25) is 0 Å². The molecule has 2 rings (SSSR count). The van der Waals surface area contributed by atoms with Crippen molar-refractivity contribution in [3.63, 3.8) is 0 Å². The summed E-state index contributed by atoms with van der Waals surface area (Å²) in [5.41, 5.74) is -0.0924. The largest absolute Gasteiger partial charge is 0.345 e. The summed E-state index contributed by atoms with van der Waals surface area (Å²) >= 11 is 0. The lowest BCUT2D eigenvalue weighted by molar-refractivity contribution is 0.0943. The molecular formula is C11H10FNO3S. The summed E-state index contributed by atoms with van der Waals surface area (Å²) in [6.07, 6.45) is 1.38. The van der Waals surface area contributed by atoms with E-state index in [0.29, 0.717) is 0 Å². The lowest BCUT2D eigenvalue weighted by Gasteiger charge is -2.10. The maximum Gasteiger partial charge on any atom is 0.254 e. The van der Waals surface area contributed by atoms with E-state index in [-0.39, 0.29) is 11.3 Å². The van der Waals surface area contributed by atoms with Gasteiger partial charge in [0.05, 0.1) is 17.4 Å². The molecule has 1 heterocycles. The number of carbonyl (C=O) groups is 1. The second kappa shape index (κ2) is 4.29. The number of benzene rings is 1. The zero-order valence-electron chi connectivity index (χ0n) is 8.76. The summed E-state index contributed by atoms with van der Waals surface area (Å²) in [4.78, 5) is 11.7. The van der Waals surface area contributed by atoms with Crippen LogP contribution in [0.3, 0.4) is 0 Å². The van der Waals surface area contributed by atoms with Gasteiger partial charge < -0.3 is 5.32 Å². The fourth-order valence-corrected chi connectivity index (χ4v) is 2.79.